The molecule has 2 aromatic carbocycles. The van der Waals surface area contributed by atoms with Gasteiger partial charge in [0.1, 0.15) is 11.7 Å². The molecule has 1 aliphatic rings. The first-order valence-corrected chi connectivity index (χ1v) is 8.22. The molecule has 0 aliphatic carbocycles. The third kappa shape index (κ3) is 2.97. The molecule has 24 heavy (non-hydrogen) atoms. The number of fused-ring (bicyclic) bond motifs is 1. The van der Waals surface area contributed by atoms with Gasteiger partial charge in [-0.25, -0.2) is 4.39 Å². The molecule has 0 amide bonds. The minimum Gasteiger partial charge on any atom is -0.339 e. The number of hydrogen-bond donors (Lipinski definition) is 2. The van der Waals surface area contributed by atoms with Gasteiger partial charge in [0.25, 0.3) is 0 Å². The van der Waals surface area contributed by atoms with Crippen molar-refractivity contribution in [3.8, 4) is 0 Å². The van der Waals surface area contributed by atoms with E-state index in [1.165, 1.54) is 12.1 Å². The molecule has 0 spiro atoms. The molecule has 3 N–H and O–H groups in total. The van der Waals surface area contributed by atoms with E-state index < -0.39 is 6.17 Å². The second-order valence-electron chi connectivity index (χ2n) is 6.12. The number of hydrogen-bond acceptors (Lipinski definition) is 3. The largest absolute Gasteiger partial charge is 0.339 e. The number of amidine groups is 1. The quantitative estimate of drug-likeness (QED) is 0.849. The molecule has 3 rings (SSSR count). The van der Waals surface area contributed by atoms with Gasteiger partial charge >= 0.3 is 0 Å². The lowest BCUT2D eigenvalue weighted by molar-refractivity contribution is 0.626. The molecule has 4 nitrogen and oxygen atoms in total. The Morgan fingerprint density at radius 1 is 1.21 bits per heavy atom. The number of nitrogens with two attached hydrogens (primary N) is 1. The lowest BCUT2D eigenvalue weighted by Gasteiger charge is -2.30. The molecule has 2 unspecified atom stereocenters. The summed E-state index contributed by atoms with van der Waals surface area (Å²) in [5.41, 5.74) is 8.46. The molecule has 126 valence electrons. The van der Waals surface area contributed by atoms with Gasteiger partial charge in [-0.15, -0.1) is 0 Å². The van der Waals surface area contributed by atoms with Gasteiger partial charge in [0, 0.05) is 23.2 Å². The molecule has 6 heteroatoms. The van der Waals surface area contributed by atoms with Crippen molar-refractivity contribution in [1.29, 1.82) is 5.41 Å². The molecule has 2 aromatic rings. The maximum atomic E-state index is 13.9. The van der Waals surface area contributed by atoms with Crippen molar-refractivity contribution in [3.05, 3.63) is 53.3 Å². The van der Waals surface area contributed by atoms with Gasteiger partial charge in [0.2, 0.25) is 0 Å². The molecule has 0 saturated heterocycles. The van der Waals surface area contributed by atoms with Crippen molar-refractivity contribution in [2.24, 2.45) is 11.7 Å². The van der Waals surface area contributed by atoms with Crippen LogP contribution in [0.25, 0.3) is 0 Å². The standard InChI is InChI=1S/C18H20ClFN4/c1-11-10-23(15-6-3-13(19)4-7-15)16-8-5-14(20)9-17(16)24(12(2)21)18(11)22/h3-9,11-12,22H,10,21H2,1-2H3. The van der Waals surface area contributed by atoms with Gasteiger partial charge < -0.3 is 15.5 Å². The molecule has 0 fully saturated rings. The summed E-state index contributed by atoms with van der Waals surface area (Å²) in [5, 5.41) is 9.14. The highest BCUT2D eigenvalue weighted by molar-refractivity contribution is 6.30. The van der Waals surface area contributed by atoms with Crippen LogP contribution in [0.3, 0.4) is 0 Å². The Bertz CT molecular complexity index is 760. The maximum Gasteiger partial charge on any atom is 0.125 e. The lowest BCUT2D eigenvalue weighted by atomic mass is 10.1. The van der Waals surface area contributed by atoms with Crippen LogP contribution in [-0.4, -0.2) is 18.5 Å². The molecule has 0 radical (unpaired) electrons. The van der Waals surface area contributed by atoms with E-state index in [1.54, 1.807) is 17.9 Å². The number of benzene rings is 2. The minimum absolute atomic E-state index is 0.0675. The number of anilines is 3. The van der Waals surface area contributed by atoms with Crippen molar-refractivity contribution in [3.63, 3.8) is 0 Å². The monoisotopic (exact) mass is 346 g/mol. The topological polar surface area (TPSA) is 56.4 Å². The van der Waals surface area contributed by atoms with Gasteiger partial charge in [-0.3, -0.25) is 5.41 Å². The summed E-state index contributed by atoms with van der Waals surface area (Å²) in [7, 11) is 0. The number of rotatable bonds is 2. The van der Waals surface area contributed by atoms with Crippen molar-refractivity contribution < 1.29 is 4.39 Å². The maximum absolute atomic E-state index is 13.9. The molecule has 0 aromatic heterocycles. The third-order valence-electron chi connectivity index (χ3n) is 4.22. The SMILES string of the molecule is CC1CN(c2ccc(Cl)cc2)c2ccc(F)cc2N(C(C)N)C1=N. The van der Waals surface area contributed by atoms with Gasteiger partial charge in [-0.1, -0.05) is 18.5 Å². The zero-order valence-corrected chi connectivity index (χ0v) is 14.4. The van der Waals surface area contributed by atoms with E-state index in [2.05, 4.69) is 4.90 Å². The van der Waals surface area contributed by atoms with Crippen LogP contribution in [0.2, 0.25) is 5.02 Å². The van der Waals surface area contributed by atoms with Crippen LogP contribution in [0.5, 0.6) is 0 Å². The highest BCUT2D eigenvalue weighted by Gasteiger charge is 2.31. The van der Waals surface area contributed by atoms with Crippen molar-refractivity contribution in [2.45, 2.75) is 20.0 Å². The van der Waals surface area contributed by atoms with E-state index in [4.69, 9.17) is 22.7 Å². The van der Waals surface area contributed by atoms with Crippen LogP contribution in [-0.2, 0) is 0 Å². The summed E-state index contributed by atoms with van der Waals surface area (Å²) >= 11 is 5.99. The van der Waals surface area contributed by atoms with Crippen LogP contribution >= 0.6 is 11.6 Å². The summed E-state index contributed by atoms with van der Waals surface area (Å²) < 4.78 is 13.9. The first-order valence-electron chi connectivity index (χ1n) is 7.84. The van der Waals surface area contributed by atoms with Crippen molar-refractivity contribution in [2.75, 3.05) is 16.3 Å². The average molecular weight is 347 g/mol. The zero-order valence-electron chi connectivity index (χ0n) is 13.6. The Balaban J connectivity index is 2.19. The fraction of sp³-hybridized carbons (Fsp3) is 0.278. The smallest absolute Gasteiger partial charge is 0.125 e. The molecular weight excluding hydrogens is 327 g/mol. The highest BCUT2D eigenvalue weighted by Crippen LogP contribution is 2.39. The third-order valence-corrected chi connectivity index (χ3v) is 4.47. The Morgan fingerprint density at radius 2 is 1.88 bits per heavy atom. The summed E-state index contributed by atoms with van der Waals surface area (Å²) in [6, 6.07) is 12.1. The molecule has 2 atom stereocenters. The second kappa shape index (κ2) is 6.42. The normalized spacial score (nSPS) is 19.0. The zero-order chi connectivity index (χ0) is 17.4. The van der Waals surface area contributed by atoms with E-state index in [0.717, 1.165) is 11.4 Å². The van der Waals surface area contributed by atoms with Gasteiger partial charge in [-0.2, -0.15) is 0 Å². The van der Waals surface area contributed by atoms with Crippen molar-refractivity contribution in [1.82, 2.24) is 0 Å². The summed E-state index contributed by atoms with van der Waals surface area (Å²) in [6.45, 7) is 4.37. The average Bonchev–Trinajstić information content (AvgIpc) is 2.63. The van der Waals surface area contributed by atoms with E-state index in [-0.39, 0.29) is 11.7 Å². The molecule has 1 heterocycles. The Morgan fingerprint density at radius 3 is 2.50 bits per heavy atom. The fourth-order valence-electron chi connectivity index (χ4n) is 3.05. The van der Waals surface area contributed by atoms with Gasteiger partial charge in [0.05, 0.1) is 17.5 Å². The van der Waals surface area contributed by atoms with Gasteiger partial charge in [-0.05, 0) is 49.4 Å². The fourth-order valence-corrected chi connectivity index (χ4v) is 3.17. The van der Waals surface area contributed by atoms with E-state index in [9.17, 15) is 4.39 Å². The predicted molar refractivity (Wildman–Crippen MR) is 97.9 cm³/mol. The van der Waals surface area contributed by atoms with E-state index >= 15 is 0 Å². The molecule has 1 aliphatic heterocycles. The second-order valence-corrected chi connectivity index (χ2v) is 6.55. The highest BCUT2D eigenvalue weighted by atomic mass is 35.5. The summed E-state index contributed by atoms with van der Waals surface area (Å²) in [5.74, 6) is -0.0340. The van der Waals surface area contributed by atoms with Crippen LogP contribution in [0.15, 0.2) is 42.5 Å². The number of nitrogens with one attached hydrogen (secondary N) is 1. The van der Waals surface area contributed by atoms with Crippen LogP contribution in [0, 0.1) is 17.1 Å². The van der Waals surface area contributed by atoms with Crippen LogP contribution in [0.4, 0.5) is 21.5 Å². The number of halogens is 2. The van der Waals surface area contributed by atoms with Crippen LogP contribution < -0.4 is 15.5 Å². The lowest BCUT2D eigenvalue weighted by Crippen LogP contribution is -2.46. The Labute approximate surface area is 146 Å². The summed E-state index contributed by atoms with van der Waals surface area (Å²) in [6.07, 6.45) is -0.425. The van der Waals surface area contributed by atoms with Gasteiger partial charge in [0.15, 0.2) is 0 Å². The van der Waals surface area contributed by atoms with E-state index in [0.29, 0.717) is 23.1 Å². The Kier molecular flexibility index (Phi) is 4.47. The first kappa shape index (κ1) is 16.7. The molecular formula is C18H20ClFN4. The van der Waals surface area contributed by atoms with Crippen molar-refractivity contribution >= 4 is 34.5 Å². The summed E-state index contributed by atoms with van der Waals surface area (Å²) in [4.78, 5) is 3.77. The predicted octanol–water partition coefficient (Wildman–Crippen LogP) is 4.36. The van der Waals surface area contributed by atoms with Crippen LogP contribution in [0.1, 0.15) is 13.8 Å². The minimum atomic E-state index is -0.425. The first-order chi connectivity index (χ1) is 11.4. The molecule has 0 saturated carbocycles. The Hall–Kier alpha value is -2.11. The van der Waals surface area contributed by atoms with E-state index in [1.807, 2.05) is 31.2 Å². The molecule has 0 bridgehead atoms. The number of nitrogens with zero attached hydrogens (tertiary/aromatic N) is 2.